The first kappa shape index (κ1) is 19.0. The summed E-state index contributed by atoms with van der Waals surface area (Å²) in [6.07, 6.45) is 4.07. The van der Waals surface area contributed by atoms with E-state index >= 15 is 0 Å². The van der Waals surface area contributed by atoms with Crippen LogP contribution in [0, 0.1) is 0 Å². The maximum Gasteiger partial charge on any atom is 0.226 e. The largest absolute Gasteiger partial charge is 0.226 e. The highest BCUT2D eigenvalue weighted by atomic mass is 35.5. The molecule has 0 radical (unpaired) electrons. The van der Waals surface area contributed by atoms with Crippen molar-refractivity contribution < 1.29 is 0 Å². The molecule has 4 heteroatoms. The van der Waals surface area contributed by atoms with Crippen LogP contribution in [-0.4, -0.2) is 15.0 Å². The Kier molecular flexibility index (Phi) is 10.7. The molecule has 0 unspecified atom stereocenters. The van der Waals surface area contributed by atoms with Crippen molar-refractivity contribution in [3.63, 3.8) is 0 Å². The Morgan fingerprint density at radius 3 is 2.14 bits per heavy atom. The molecular formula is C17H22ClN3. The van der Waals surface area contributed by atoms with E-state index in [1.54, 1.807) is 12.2 Å². The summed E-state index contributed by atoms with van der Waals surface area (Å²) in [7, 11) is 0. The molecule has 0 spiro atoms. The highest BCUT2D eigenvalue weighted by Crippen LogP contribution is 2.15. The Hall–Kier alpha value is -2.00. The molecule has 21 heavy (non-hydrogen) atoms. The van der Waals surface area contributed by atoms with Gasteiger partial charge in [-0.25, -0.2) is 9.97 Å². The molecule has 0 N–H and O–H groups in total. The Morgan fingerprint density at radius 2 is 1.62 bits per heavy atom. The Labute approximate surface area is 132 Å². The number of rotatable bonds is 3. The van der Waals surface area contributed by atoms with Crippen LogP contribution in [0.5, 0.6) is 0 Å². The molecule has 1 aromatic heterocycles. The molecule has 2 aromatic rings. The maximum absolute atomic E-state index is 5.84. The van der Waals surface area contributed by atoms with E-state index in [1.165, 1.54) is 0 Å². The summed E-state index contributed by atoms with van der Waals surface area (Å²) in [5.41, 5.74) is 0.928. The van der Waals surface area contributed by atoms with Crippen LogP contribution in [0.1, 0.15) is 26.6 Å². The molecule has 1 aromatic carbocycles. The number of benzene rings is 1. The Balaban J connectivity index is 0.000000713. The van der Waals surface area contributed by atoms with Gasteiger partial charge >= 0.3 is 0 Å². The summed E-state index contributed by atoms with van der Waals surface area (Å²) in [4.78, 5) is 12.4. The number of hydrogen-bond acceptors (Lipinski definition) is 3. The second-order valence-electron chi connectivity index (χ2n) is 3.61. The summed E-state index contributed by atoms with van der Waals surface area (Å²) in [5.74, 6) is 1.23. The Bertz CT molecular complexity index is 539. The van der Waals surface area contributed by atoms with Crippen LogP contribution in [0.2, 0.25) is 5.28 Å². The third-order valence-electron chi connectivity index (χ3n) is 2.01. The fourth-order valence-corrected chi connectivity index (χ4v) is 1.51. The monoisotopic (exact) mass is 303 g/mol. The molecule has 0 aliphatic rings. The number of aromatic nitrogens is 3. The average Bonchev–Trinajstić information content (AvgIpc) is 2.51. The van der Waals surface area contributed by atoms with Crippen molar-refractivity contribution in [2.45, 2.75) is 27.2 Å². The quantitative estimate of drug-likeness (QED) is 0.737. The molecular weight excluding hydrogens is 282 g/mol. The smallest absolute Gasteiger partial charge is 0.213 e. The van der Waals surface area contributed by atoms with Crippen LogP contribution in [0.25, 0.3) is 11.4 Å². The molecule has 0 aliphatic heterocycles. The van der Waals surface area contributed by atoms with Crippen molar-refractivity contribution in [2.24, 2.45) is 0 Å². The molecule has 0 saturated heterocycles. The van der Waals surface area contributed by atoms with Crippen LogP contribution in [0.4, 0.5) is 0 Å². The molecule has 1 heterocycles. The molecule has 2 rings (SSSR count). The second kappa shape index (κ2) is 11.8. The molecule has 112 valence electrons. The molecule has 3 nitrogen and oxygen atoms in total. The van der Waals surface area contributed by atoms with Crippen molar-refractivity contribution in [1.82, 2.24) is 15.0 Å². The molecule has 0 fully saturated rings. The van der Waals surface area contributed by atoms with Crippen LogP contribution in [0.3, 0.4) is 0 Å². The van der Waals surface area contributed by atoms with Crippen molar-refractivity contribution in [3.8, 4) is 11.4 Å². The van der Waals surface area contributed by atoms with E-state index in [1.807, 2.05) is 51.1 Å². The van der Waals surface area contributed by atoms with Crippen molar-refractivity contribution in [3.05, 3.63) is 66.7 Å². The number of hydrogen-bond donors (Lipinski definition) is 0. The van der Waals surface area contributed by atoms with E-state index in [-0.39, 0.29) is 5.28 Å². The summed E-state index contributed by atoms with van der Waals surface area (Å²) in [5, 5.41) is 0.214. The maximum atomic E-state index is 5.84. The minimum Gasteiger partial charge on any atom is -0.213 e. The molecule has 0 bridgehead atoms. The topological polar surface area (TPSA) is 38.7 Å². The zero-order valence-corrected chi connectivity index (χ0v) is 13.6. The van der Waals surface area contributed by atoms with Gasteiger partial charge in [-0.1, -0.05) is 56.3 Å². The lowest BCUT2D eigenvalue weighted by molar-refractivity contribution is 0.941. The highest BCUT2D eigenvalue weighted by Gasteiger charge is 2.05. The van der Waals surface area contributed by atoms with Crippen molar-refractivity contribution in [1.29, 1.82) is 0 Å². The number of nitrogens with zero attached hydrogens (tertiary/aromatic N) is 3. The lowest BCUT2D eigenvalue weighted by Crippen LogP contribution is -1.99. The summed E-state index contributed by atoms with van der Waals surface area (Å²) >= 11 is 5.84. The third kappa shape index (κ3) is 7.37. The van der Waals surface area contributed by atoms with Gasteiger partial charge < -0.3 is 0 Å². The van der Waals surface area contributed by atoms with Crippen molar-refractivity contribution in [2.75, 3.05) is 0 Å². The fraction of sp³-hybridized carbons (Fsp3) is 0.235. The van der Waals surface area contributed by atoms with Gasteiger partial charge in [0.05, 0.1) is 0 Å². The van der Waals surface area contributed by atoms with Crippen LogP contribution >= 0.6 is 11.6 Å². The van der Waals surface area contributed by atoms with Gasteiger partial charge in [0.25, 0.3) is 0 Å². The van der Waals surface area contributed by atoms with E-state index in [2.05, 4.69) is 28.1 Å². The minimum atomic E-state index is 0.214. The first-order chi connectivity index (χ1) is 10.2. The van der Waals surface area contributed by atoms with Gasteiger partial charge in [0.1, 0.15) is 5.82 Å². The van der Waals surface area contributed by atoms with Crippen LogP contribution in [0.15, 0.2) is 55.6 Å². The SMILES string of the molecule is C=CC.C=CCc1nc(Cl)nc(-c2ccccc2)n1.CC. The lowest BCUT2D eigenvalue weighted by Gasteiger charge is -2.02. The van der Waals surface area contributed by atoms with E-state index in [9.17, 15) is 0 Å². The van der Waals surface area contributed by atoms with Crippen LogP contribution < -0.4 is 0 Å². The standard InChI is InChI=1S/C12H10ClN3.C3H6.C2H6/c1-2-6-10-14-11(16-12(13)15-10)9-7-4-3-5-8-9;1-3-2;1-2/h2-5,7-8H,1,6H2;3H,1H2,2H3;1-2H3. The minimum absolute atomic E-state index is 0.214. The molecule has 0 atom stereocenters. The average molecular weight is 304 g/mol. The van der Waals surface area contributed by atoms with Gasteiger partial charge in [-0.2, -0.15) is 4.98 Å². The zero-order valence-electron chi connectivity index (χ0n) is 12.9. The molecule has 0 aliphatic carbocycles. The van der Waals surface area contributed by atoms with Gasteiger partial charge in [-0.15, -0.1) is 13.2 Å². The van der Waals surface area contributed by atoms with E-state index in [0.29, 0.717) is 18.1 Å². The Morgan fingerprint density at radius 1 is 1.05 bits per heavy atom. The summed E-state index contributed by atoms with van der Waals surface area (Å²) in [6, 6.07) is 9.67. The second-order valence-corrected chi connectivity index (χ2v) is 3.95. The zero-order chi connectivity index (χ0) is 16.1. The van der Waals surface area contributed by atoms with E-state index in [4.69, 9.17) is 11.6 Å². The van der Waals surface area contributed by atoms with Crippen molar-refractivity contribution >= 4 is 11.6 Å². The van der Waals surface area contributed by atoms with E-state index in [0.717, 1.165) is 5.56 Å². The predicted molar refractivity (Wildman–Crippen MR) is 91.4 cm³/mol. The fourth-order valence-electron chi connectivity index (χ4n) is 1.33. The summed E-state index contributed by atoms with van der Waals surface area (Å²) < 4.78 is 0. The van der Waals surface area contributed by atoms with Gasteiger partial charge in [0.15, 0.2) is 5.82 Å². The van der Waals surface area contributed by atoms with Crippen LogP contribution in [-0.2, 0) is 6.42 Å². The van der Waals surface area contributed by atoms with Gasteiger partial charge in [-0.3, -0.25) is 0 Å². The molecule has 0 saturated carbocycles. The predicted octanol–water partition coefficient (Wildman–Crippen LogP) is 5.14. The number of halogens is 1. The normalized spacial score (nSPS) is 8.57. The first-order valence-corrected chi connectivity index (χ1v) is 7.22. The van der Waals surface area contributed by atoms with Gasteiger partial charge in [0.2, 0.25) is 5.28 Å². The number of allylic oxidation sites excluding steroid dienone is 2. The third-order valence-corrected chi connectivity index (χ3v) is 2.18. The van der Waals surface area contributed by atoms with E-state index < -0.39 is 0 Å². The first-order valence-electron chi connectivity index (χ1n) is 6.85. The summed E-state index contributed by atoms with van der Waals surface area (Å²) in [6.45, 7) is 12.9. The lowest BCUT2D eigenvalue weighted by atomic mass is 10.2. The highest BCUT2D eigenvalue weighted by molar-refractivity contribution is 6.28. The molecule has 0 amide bonds. The van der Waals surface area contributed by atoms with Gasteiger partial charge in [0, 0.05) is 12.0 Å². The van der Waals surface area contributed by atoms with Gasteiger partial charge in [-0.05, 0) is 18.5 Å².